The molecule has 0 saturated carbocycles. The Hall–Kier alpha value is -1.60. The van der Waals surface area contributed by atoms with Gasteiger partial charge in [0.05, 0.1) is 0 Å². The van der Waals surface area contributed by atoms with Crippen LogP contribution >= 0.6 is 0 Å². The van der Waals surface area contributed by atoms with Crippen molar-refractivity contribution in [3.8, 4) is 0 Å². The van der Waals surface area contributed by atoms with Crippen molar-refractivity contribution in [1.82, 2.24) is 5.32 Å². The van der Waals surface area contributed by atoms with Gasteiger partial charge in [-0.1, -0.05) is 0 Å². The van der Waals surface area contributed by atoms with Crippen molar-refractivity contribution in [2.24, 2.45) is 0 Å². The van der Waals surface area contributed by atoms with Gasteiger partial charge in [-0.15, -0.1) is 0 Å². The Labute approximate surface area is 207 Å². The van der Waals surface area contributed by atoms with E-state index in [4.69, 9.17) is 4.55 Å². The summed E-state index contributed by atoms with van der Waals surface area (Å²) in [5.74, 6) is -69.9. The zero-order valence-corrected chi connectivity index (χ0v) is 19.2. The molecule has 26 heteroatoms. The van der Waals surface area contributed by atoms with Gasteiger partial charge in [0.25, 0.3) is 11.9 Å². The van der Waals surface area contributed by atoms with Crippen LogP contribution in [0.4, 0.5) is 92.2 Å². The second kappa shape index (κ2) is 11.6. The molecule has 3 unspecified atom stereocenters. The van der Waals surface area contributed by atoms with E-state index in [1.165, 1.54) is 0 Å². The molecule has 0 spiro atoms. The Bertz CT molecular complexity index is 952. The first-order valence-corrected chi connectivity index (χ1v) is 10.4. The van der Waals surface area contributed by atoms with Gasteiger partial charge < -0.3 is 5.32 Å². The Morgan fingerprint density at radius 1 is 0.525 bits per heavy atom. The van der Waals surface area contributed by atoms with Crippen LogP contribution in [0.25, 0.3) is 0 Å². The monoisotopic (exact) mass is 673 g/mol. The molecule has 0 amide bonds. The first kappa shape index (κ1) is 40.5. The van der Waals surface area contributed by atoms with Crippen molar-refractivity contribution < 1.29 is 105 Å². The molecule has 0 aliphatic heterocycles. The van der Waals surface area contributed by atoms with Gasteiger partial charge in [0.1, 0.15) is 0 Å². The highest BCUT2D eigenvalue weighted by Crippen LogP contribution is 2.64. The molecular weight excluding hydrogens is 661 g/mol. The summed E-state index contributed by atoms with van der Waals surface area (Å²) in [6, 6.07) is 0. The second-order valence-electron chi connectivity index (χ2n) is 7.20. The van der Waals surface area contributed by atoms with Gasteiger partial charge >= 0.3 is 57.5 Å². The highest BCUT2D eigenvalue weighted by atomic mass is 32.2. The number of rotatable bonds is 12. The summed E-state index contributed by atoms with van der Waals surface area (Å²) in [6.07, 6.45) is -16.5. The molecule has 0 heterocycles. The van der Waals surface area contributed by atoms with E-state index in [0.717, 1.165) is 0 Å². The minimum absolute atomic E-state index is 1.88. The number of hydrogen-bond acceptors (Lipinski definition) is 3. The summed E-state index contributed by atoms with van der Waals surface area (Å²) in [5, 5.41) is 2.75. The lowest BCUT2D eigenvalue weighted by atomic mass is 9.86. The maximum atomic E-state index is 13.5. The molecule has 2 N–H and O–H groups in total. The molecule has 4 nitrogen and oxygen atoms in total. The number of halogens is 21. The predicted octanol–water partition coefficient (Wildman–Crippen LogP) is 6.03. The minimum atomic E-state index is -9.20. The summed E-state index contributed by atoms with van der Waals surface area (Å²) in [5.41, 5.74) is -6.14. The SMILES string of the molecule is CNC.O=S(=O)(O)C(F)C(F)(F)C(F)(F)C(F)(F)C(F)(F)C(F)(F)C(F)(F)C(F)(F)C(F)(F)C(F)C(F)C(F)F. The maximum Gasteiger partial charge on any atom is 0.385 e. The average molecular weight is 673 g/mol. The van der Waals surface area contributed by atoms with Crippen LogP contribution in [0.5, 0.6) is 0 Å². The standard InChI is InChI=1S/C12H5F21O3S.C2H7N/c13-1(3(15)16)2(14)5(18,19)7(22,23)9(26,27)11(30,31)12(32,33)10(28,29)8(24,25)6(20,21)4(17)37(34,35)36;1-3-2/h1-4H,(H,34,35,36);3H,1-2H3. The summed E-state index contributed by atoms with van der Waals surface area (Å²) in [4.78, 5) is 0. The lowest BCUT2D eigenvalue weighted by molar-refractivity contribution is -0.457. The fourth-order valence-corrected chi connectivity index (χ4v) is 2.56. The van der Waals surface area contributed by atoms with Gasteiger partial charge in [-0.05, 0) is 14.1 Å². The largest absolute Gasteiger partial charge is 0.385 e. The van der Waals surface area contributed by atoms with Gasteiger partial charge in [-0.2, -0.15) is 78.7 Å². The molecule has 3 atom stereocenters. The van der Waals surface area contributed by atoms with Gasteiger partial charge in [-0.25, -0.2) is 22.0 Å². The van der Waals surface area contributed by atoms with E-state index in [1.54, 1.807) is 0 Å². The Morgan fingerprint density at radius 2 is 0.750 bits per heavy atom. The second-order valence-corrected chi connectivity index (χ2v) is 8.65. The third-order valence-corrected chi connectivity index (χ3v) is 5.04. The number of nitrogens with one attached hydrogen (secondary N) is 1. The Kier molecular flexibility index (Phi) is 11.7. The van der Waals surface area contributed by atoms with E-state index in [2.05, 4.69) is 5.32 Å². The van der Waals surface area contributed by atoms with E-state index in [9.17, 15) is 101 Å². The van der Waals surface area contributed by atoms with Crippen LogP contribution in [-0.4, -0.2) is 98.7 Å². The molecule has 0 aromatic heterocycles. The van der Waals surface area contributed by atoms with Gasteiger partial charge in [0.15, 0.2) is 6.17 Å². The Balaban J connectivity index is 0. The van der Waals surface area contributed by atoms with Crippen LogP contribution in [0.15, 0.2) is 0 Å². The molecule has 0 fully saturated rings. The van der Waals surface area contributed by atoms with E-state index >= 15 is 0 Å². The van der Waals surface area contributed by atoms with Crippen molar-refractivity contribution in [3.63, 3.8) is 0 Å². The summed E-state index contributed by atoms with van der Waals surface area (Å²) in [7, 11) is -3.60. The average Bonchev–Trinajstić information content (AvgIpc) is 2.76. The topological polar surface area (TPSA) is 66.4 Å². The molecule has 0 radical (unpaired) electrons. The molecule has 244 valence electrons. The van der Waals surface area contributed by atoms with E-state index in [-0.39, 0.29) is 0 Å². The van der Waals surface area contributed by atoms with E-state index in [1.807, 2.05) is 14.1 Å². The highest BCUT2D eigenvalue weighted by Gasteiger charge is 2.96. The molecule has 0 rings (SSSR count). The number of alkyl halides is 21. The predicted molar refractivity (Wildman–Crippen MR) is 86.8 cm³/mol. The molecule has 0 aliphatic carbocycles. The van der Waals surface area contributed by atoms with Gasteiger partial charge in [0, 0.05) is 0 Å². The zero-order valence-electron chi connectivity index (χ0n) is 18.4. The summed E-state index contributed by atoms with van der Waals surface area (Å²) in [6.45, 7) is 0. The van der Waals surface area contributed by atoms with Crippen molar-refractivity contribution in [2.75, 3.05) is 14.1 Å². The van der Waals surface area contributed by atoms with E-state index in [0.29, 0.717) is 0 Å². The fourth-order valence-electron chi connectivity index (χ4n) is 2.04. The van der Waals surface area contributed by atoms with Crippen LogP contribution in [0.2, 0.25) is 0 Å². The van der Waals surface area contributed by atoms with Crippen molar-refractivity contribution in [1.29, 1.82) is 0 Å². The van der Waals surface area contributed by atoms with Crippen molar-refractivity contribution >= 4 is 10.1 Å². The minimum Gasteiger partial charge on any atom is -0.323 e. The lowest BCUT2D eigenvalue weighted by Gasteiger charge is -2.44. The fraction of sp³-hybridized carbons (Fsp3) is 1.00. The molecule has 0 aromatic rings. The van der Waals surface area contributed by atoms with Crippen LogP contribution < -0.4 is 5.32 Å². The third-order valence-electron chi connectivity index (χ3n) is 4.22. The smallest absolute Gasteiger partial charge is 0.323 e. The normalized spacial score (nSPS) is 17.7. The highest BCUT2D eigenvalue weighted by molar-refractivity contribution is 7.86. The van der Waals surface area contributed by atoms with Gasteiger partial charge in [-0.3, -0.25) is 4.55 Å². The van der Waals surface area contributed by atoms with Crippen molar-refractivity contribution in [2.45, 2.75) is 71.7 Å². The van der Waals surface area contributed by atoms with Gasteiger partial charge in [0.2, 0.25) is 6.17 Å². The van der Waals surface area contributed by atoms with Crippen LogP contribution in [0.1, 0.15) is 0 Å². The summed E-state index contributed by atoms with van der Waals surface area (Å²) < 4.78 is 304. The van der Waals surface area contributed by atoms with Crippen LogP contribution in [-0.2, 0) is 10.1 Å². The number of hydrogen-bond donors (Lipinski definition) is 2. The van der Waals surface area contributed by atoms with Crippen molar-refractivity contribution in [3.05, 3.63) is 0 Å². The molecule has 40 heavy (non-hydrogen) atoms. The maximum absolute atomic E-state index is 13.5. The first-order valence-electron chi connectivity index (χ1n) is 8.86. The summed E-state index contributed by atoms with van der Waals surface area (Å²) >= 11 is 0. The lowest BCUT2D eigenvalue weighted by Crippen LogP contribution is -2.76. The molecule has 0 aromatic carbocycles. The van der Waals surface area contributed by atoms with E-state index < -0.39 is 81.8 Å². The first-order chi connectivity index (χ1) is 17.1. The van der Waals surface area contributed by atoms with Crippen LogP contribution in [0, 0.1) is 0 Å². The molecule has 0 bridgehead atoms. The Morgan fingerprint density at radius 3 is 0.975 bits per heavy atom. The molecular formula is C14H12F21NO3S. The zero-order chi connectivity index (χ0) is 33.5. The third kappa shape index (κ3) is 5.97. The van der Waals surface area contributed by atoms with Crippen LogP contribution in [0.3, 0.4) is 0 Å². The molecule has 0 aliphatic rings. The molecule has 0 saturated heterocycles. The quantitative estimate of drug-likeness (QED) is 0.196.